The molecule has 0 spiro atoms. The molecule has 0 saturated heterocycles. The number of hydrogen-bond acceptors (Lipinski definition) is 4. The summed E-state index contributed by atoms with van der Waals surface area (Å²) in [6.07, 6.45) is 2.49. The van der Waals surface area contributed by atoms with Crippen molar-refractivity contribution < 1.29 is 4.39 Å². The van der Waals surface area contributed by atoms with Gasteiger partial charge in [0.1, 0.15) is 11.6 Å². The van der Waals surface area contributed by atoms with Crippen molar-refractivity contribution in [1.82, 2.24) is 9.97 Å². The molecule has 2 aromatic carbocycles. The first-order valence-corrected chi connectivity index (χ1v) is 9.09. The molecule has 0 radical (unpaired) electrons. The van der Waals surface area contributed by atoms with E-state index in [4.69, 9.17) is 0 Å². The predicted octanol–water partition coefficient (Wildman–Crippen LogP) is 5.31. The van der Waals surface area contributed by atoms with Gasteiger partial charge in [-0.2, -0.15) is 4.98 Å². The third-order valence-electron chi connectivity index (χ3n) is 4.29. The predicted molar refractivity (Wildman–Crippen MR) is 109 cm³/mol. The van der Waals surface area contributed by atoms with E-state index in [1.807, 2.05) is 6.07 Å². The van der Waals surface area contributed by atoms with E-state index in [0.29, 0.717) is 12.5 Å². The lowest BCUT2D eigenvalue weighted by atomic mass is 9.87. The first-order valence-electron chi connectivity index (χ1n) is 9.09. The van der Waals surface area contributed by atoms with Gasteiger partial charge in [0, 0.05) is 18.4 Å². The molecule has 1 aromatic heterocycles. The van der Waals surface area contributed by atoms with E-state index in [2.05, 4.69) is 65.6 Å². The van der Waals surface area contributed by atoms with Crippen LogP contribution < -0.4 is 10.6 Å². The SMILES string of the molecule is CC(C)(C)c1ccc(Nc2ccnc(NCCc3ccc(F)cc3)n2)cc1. The molecule has 0 aliphatic carbocycles. The molecular formula is C22H25FN4. The second-order valence-electron chi connectivity index (χ2n) is 7.52. The van der Waals surface area contributed by atoms with Crippen LogP contribution in [0.3, 0.4) is 0 Å². The Labute approximate surface area is 159 Å². The van der Waals surface area contributed by atoms with Crippen molar-refractivity contribution in [2.75, 3.05) is 17.2 Å². The van der Waals surface area contributed by atoms with Gasteiger partial charge in [-0.3, -0.25) is 0 Å². The van der Waals surface area contributed by atoms with Crippen molar-refractivity contribution in [2.24, 2.45) is 0 Å². The normalized spacial score (nSPS) is 11.3. The lowest BCUT2D eigenvalue weighted by molar-refractivity contribution is 0.590. The average molecular weight is 364 g/mol. The largest absolute Gasteiger partial charge is 0.354 e. The topological polar surface area (TPSA) is 49.8 Å². The maximum Gasteiger partial charge on any atom is 0.224 e. The summed E-state index contributed by atoms with van der Waals surface area (Å²) in [4.78, 5) is 8.74. The summed E-state index contributed by atoms with van der Waals surface area (Å²) in [7, 11) is 0. The van der Waals surface area contributed by atoms with Crippen LogP contribution in [-0.2, 0) is 11.8 Å². The summed E-state index contributed by atoms with van der Waals surface area (Å²) >= 11 is 0. The first kappa shape index (κ1) is 18.8. The Kier molecular flexibility index (Phi) is 5.69. The van der Waals surface area contributed by atoms with Gasteiger partial charge in [0.05, 0.1) is 0 Å². The first-order chi connectivity index (χ1) is 12.9. The maximum absolute atomic E-state index is 12.9. The summed E-state index contributed by atoms with van der Waals surface area (Å²) in [6, 6.07) is 16.7. The highest BCUT2D eigenvalue weighted by molar-refractivity contribution is 5.57. The van der Waals surface area contributed by atoms with E-state index in [9.17, 15) is 4.39 Å². The highest BCUT2D eigenvalue weighted by atomic mass is 19.1. The molecule has 0 unspecified atom stereocenters. The van der Waals surface area contributed by atoms with Crippen molar-refractivity contribution in [1.29, 1.82) is 0 Å². The minimum Gasteiger partial charge on any atom is -0.354 e. The number of halogens is 1. The van der Waals surface area contributed by atoms with Gasteiger partial charge in [0.15, 0.2) is 0 Å². The molecule has 0 atom stereocenters. The van der Waals surface area contributed by atoms with Crippen LogP contribution in [0.15, 0.2) is 60.8 Å². The zero-order valence-electron chi connectivity index (χ0n) is 16.0. The third kappa shape index (κ3) is 5.51. The van der Waals surface area contributed by atoms with E-state index in [1.54, 1.807) is 18.3 Å². The summed E-state index contributed by atoms with van der Waals surface area (Å²) in [6.45, 7) is 7.27. The van der Waals surface area contributed by atoms with E-state index in [0.717, 1.165) is 23.5 Å². The molecular weight excluding hydrogens is 339 g/mol. The summed E-state index contributed by atoms with van der Waals surface area (Å²) in [5, 5.41) is 6.51. The Morgan fingerprint density at radius 2 is 1.63 bits per heavy atom. The molecule has 0 aliphatic rings. The summed E-state index contributed by atoms with van der Waals surface area (Å²) in [5.41, 5.74) is 3.48. The van der Waals surface area contributed by atoms with Crippen LogP contribution in [-0.4, -0.2) is 16.5 Å². The Morgan fingerprint density at radius 1 is 0.926 bits per heavy atom. The van der Waals surface area contributed by atoms with Crippen LogP contribution >= 0.6 is 0 Å². The number of benzene rings is 2. The summed E-state index contributed by atoms with van der Waals surface area (Å²) < 4.78 is 12.9. The zero-order chi connectivity index (χ0) is 19.3. The average Bonchev–Trinajstić information content (AvgIpc) is 2.63. The van der Waals surface area contributed by atoms with E-state index in [1.165, 1.54) is 17.7 Å². The van der Waals surface area contributed by atoms with Crippen LogP contribution in [0.5, 0.6) is 0 Å². The quantitative estimate of drug-likeness (QED) is 0.622. The number of nitrogens with one attached hydrogen (secondary N) is 2. The molecule has 3 aromatic rings. The fourth-order valence-corrected chi connectivity index (χ4v) is 2.68. The number of aromatic nitrogens is 2. The van der Waals surface area contributed by atoms with Gasteiger partial charge in [-0.05, 0) is 53.3 Å². The molecule has 2 N–H and O–H groups in total. The second-order valence-corrected chi connectivity index (χ2v) is 7.52. The Balaban J connectivity index is 1.57. The molecule has 4 nitrogen and oxygen atoms in total. The Bertz CT molecular complexity index is 868. The minimum absolute atomic E-state index is 0.134. The lowest BCUT2D eigenvalue weighted by Gasteiger charge is -2.19. The van der Waals surface area contributed by atoms with Crippen LogP contribution in [0.25, 0.3) is 0 Å². The molecule has 0 bridgehead atoms. The number of rotatable bonds is 6. The molecule has 0 aliphatic heterocycles. The lowest BCUT2D eigenvalue weighted by Crippen LogP contribution is -2.10. The fraction of sp³-hybridized carbons (Fsp3) is 0.273. The van der Waals surface area contributed by atoms with Crippen LogP contribution in [0.4, 0.5) is 21.8 Å². The highest BCUT2D eigenvalue weighted by Gasteiger charge is 2.12. The van der Waals surface area contributed by atoms with E-state index < -0.39 is 0 Å². The number of anilines is 3. The van der Waals surface area contributed by atoms with Gasteiger partial charge in [-0.1, -0.05) is 45.0 Å². The van der Waals surface area contributed by atoms with Crippen molar-refractivity contribution >= 4 is 17.5 Å². The fourth-order valence-electron chi connectivity index (χ4n) is 2.68. The molecule has 5 heteroatoms. The van der Waals surface area contributed by atoms with Crippen molar-refractivity contribution in [3.05, 3.63) is 77.7 Å². The highest BCUT2D eigenvalue weighted by Crippen LogP contribution is 2.24. The van der Waals surface area contributed by atoms with Crippen LogP contribution in [0.1, 0.15) is 31.9 Å². The molecule has 0 saturated carbocycles. The second kappa shape index (κ2) is 8.16. The van der Waals surface area contributed by atoms with Gasteiger partial charge >= 0.3 is 0 Å². The standard InChI is InChI=1S/C22H25FN4/c1-22(2,3)17-6-10-19(11-7-17)26-20-13-15-25-21(27-20)24-14-12-16-4-8-18(23)9-5-16/h4-11,13,15H,12,14H2,1-3H3,(H2,24,25,26,27). The molecule has 27 heavy (non-hydrogen) atoms. The minimum atomic E-state index is -0.218. The number of hydrogen-bond donors (Lipinski definition) is 2. The Morgan fingerprint density at radius 3 is 2.30 bits per heavy atom. The maximum atomic E-state index is 12.9. The third-order valence-corrected chi connectivity index (χ3v) is 4.29. The van der Waals surface area contributed by atoms with Gasteiger partial charge in [-0.15, -0.1) is 0 Å². The summed E-state index contributed by atoms with van der Waals surface area (Å²) in [5.74, 6) is 1.08. The molecule has 1 heterocycles. The van der Waals surface area contributed by atoms with Gasteiger partial charge in [-0.25, -0.2) is 9.37 Å². The Hall–Kier alpha value is -2.95. The molecule has 0 amide bonds. The van der Waals surface area contributed by atoms with Crippen molar-refractivity contribution in [3.8, 4) is 0 Å². The number of nitrogens with zero attached hydrogens (tertiary/aromatic N) is 2. The van der Waals surface area contributed by atoms with Crippen LogP contribution in [0.2, 0.25) is 0 Å². The van der Waals surface area contributed by atoms with Crippen molar-refractivity contribution in [3.63, 3.8) is 0 Å². The van der Waals surface area contributed by atoms with E-state index >= 15 is 0 Å². The van der Waals surface area contributed by atoms with Gasteiger partial charge in [0.2, 0.25) is 5.95 Å². The van der Waals surface area contributed by atoms with E-state index in [-0.39, 0.29) is 11.2 Å². The molecule has 140 valence electrons. The van der Waals surface area contributed by atoms with Gasteiger partial charge < -0.3 is 10.6 Å². The van der Waals surface area contributed by atoms with Crippen LogP contribution in [0, 0.1) is 5.82 Å². The molecule has 3 rings (SSSR count). The van der Waals surface area contributed by atoms with Gasteiger partial charge in [0.25, 0.3) is 0 Å². The zero-order valence-corrected chi connectivity index (χ0v) is 16.0. The smallest absolute Gasteiger partial charge is 0.224 e. The monoisotopic (exact) mass is 364 g/mol. The van der Waals surface area contributed by atoms with Crippen molar-refractivity contribution in [2.45, 2.75) is 32.6 Å². The molecule has 0 fully saturated rings.